The minimum Gasteiger partial charge on any atom is -0.394 e. The second kappa shape index (κ2) is 11.0. The number of hydrogen-bond acceptors (Lipinski definition) is 15. The van der Waals surface area contributed by atoms with Crippen molar-refractivity contribution in [2.75, 3.05) is 13.2 Å². The van der Waals surface area contributed by atoms with Crippen LogP contribution in [0.1, 0.15) is 6.92 Å². The van der Waals surface area contributed by atoms with Crippen LogP contribution < -0.4 is 0 Å². The van der Waals surface area contributed by atoms with Gasteiger partial charge in [-0.1, -0.05) is 0 Å². The van der Waals surface area contributed by atoms with E-state index in [0.29, 0.717) is 0 Å². The minimum atomic E-state index is -1.88. The zero-order chi connectivity index (χ0) is 24.6. The SMILES string of the molecule is C[C@@H]1O[C@H](O[C@H]2C(O)O[C@H](CO)[C@@H](O)[C@@H]2O[C@H]2O[C@H](CO)[C@@H](O)[C@H](O)[C@@H]2O)[C@@H](O)[C@H](O)[C@@H]1O. The minimum absolute atomic E-state index is 0.747. The van der Waals surface area contributed by atoms with Crippen molar-refractivity contribution in [3.8, 4) is 0 Å². The van der Waals surface area contributed by atoms with Gasteiger partial charge in [-0.05, 0) is 6.92 Å². The van der Waals surface area contributed by atoms with Gasteiger partial charge in [-0.25, -0.2) is 0 Å². The predicted octanol–water partition coefficient (Wildman–Crippen LogP) is -6.55. The molecular weight excluding hydrogens is 456 g/mol. The van der Waals surface area contributed by atoms with Crippen molar-refractivity contribution in [2.24, 2.45) is 0 Å². The Balaban J connectivity index is 1.82. The molecule has 3 aliphatic rings. The second-order valence-corrected chi connectivity index (χ2v) is 8.32. The van der Waals surface area contributed by atoms with E-state index in [1.54, 1.807) is 0 Å². The normalized spacial score (nSPS) is 53.7. The van der Waals surface area contributed by atoms with Crippen molar-refractivity contribution < 1.29 is 74.7 Å². The van der Waals surface area contributed by atoms with Crippen molar-refractivity contribution in [1.29, 1.82) is 0 Å². The van der Waals surface area contributed by atoms with Gasteiger partial charge in [0.25, 0.3) is 0 Å². The van der Waals surface area contributed by atoms with Crippen molar-refractivity contribution in [3.05, 3.63) is 0 Å². The summed E-state index contributed by atoms with van der Waals surface area (Å²) in [6.45, 7) is -0.115. The Labute approximate surface area is 187 Å². The van der Waals surface area contributed by atoms with Crippen LogP contribution >= 0.6 is 0 Å². The summed E-state index contributed by atoms with van der Waals surface area (Å²) in [6, 6.07) is 0. The molecule has 15 nitrogen and oxygen atoms in total. The number of rotatable bonds is 6. The molecule has 3 fully saturated rings. The Morgan fingerprint density at radius 3 is 1.61 bits per heavy atom. The Kier molecular flexibility index (Phi) is 8.99. The molecule has 0 bridgehead atoms. The molecule has 0 spiro atoms. The Hall–Kier alpha value is -0.600. The molecule has 0 radical (unpaired) electrons. The lowest BCUT2D eigenvalue weighted by atomic mass is 9.96. The van der Waals surface area contributed by atoms with Gasteiger partial charge in [0, 0.05) is 0 Å². The topological polar surface area (TPSA) is 248 Å². The van der Waals surface area contributed by atoms with E-state index < -0.39 is 105 Å². The lowest BCUT2D eigenvalue weighted by Crippen LogP contribution is -2.66. The van der Waals surface area contributed by atoms with Crippen LogP contribution in [0.3, 0.4) is 0 Å². The van der Waals surface area contributed by atoms with Gasteiger partial charge in [0.15, 0.2) is 18.9 Å². The van der Waals surface area contributed by atoms with E-state index in [-0.39, 0.29) is 0 Å². The molecule has 3 aliphatic heterocycles. The third-order valence-corrected chi connectivity index (χ3v) is 6.06. The molecule has 33 heavy (non-hydrogen) atoms. The van der Waals surface area contributed by atoms with Crippen molar-refractivity contribution in [2.45, 2.75) is 99.0 Å². The van der Waals surface area contributed by atoms with Crippen molar-refractivity contribution in [3.63, 3.8) is 0 Å². The molecule has 3 heterocycles. The molecule has 0 aromatic carbocycles. The summed E-state index contributed by atoms with van der Waals surface area (Å²) in [5, 5.41) is 100.0. The largest absolute Gasteiger partial charge is 0.394 e. The van der Waals surface area contributed by atoms with Gasteiger partial charge >= 0.3 is 0 Å². The number of hydrogen-bond donors (Lipinski definition) is 10. The quantitative estimate of drug-likeness (QED) is 0.167. The van der Waals surface area contributed by atoms with Crippen LogP contribution in [0.2, 0.25) is 0 Å². The molecule has 0 saturated carbocycles. The maximum absolute atomic E-state index is 10.6. The first-order valence-corrected chi connectivity index (χ1v) is 10.4. The zero-order valence-corrected chi connectivity index (χ0v) is 17.6. The van der Waals surface area contributed by atoms with Gasteiger partial charge in [-0.2, -0.15) is 0 Å². The van der Waals surface area contributed by atoms with E-state index in [1.807, 2.05) is 0 Å². The van der Waals surface area contributed by atoms with E-state index >= 15 is 0 Å². The zero-order valence-electron chi connectivity index (χ0n) is 17.6. The highest BCUT2D eigenvalue weighted by Crippen LogP contribution is 2.32. The van der Waals surface area contributed by atoms with E-state index in [1.165, 1.54) is 6.92 Å². The molecule has 0 aromatic rings. The smallest absolute Gasteiger partial charge is 0.187 e. The molecule has 0 amide bonds. The van der Waals surface area contributed by atoms with Crippen molar-refractivity contribution in [1.82, 2.24) is 0 Å². The highest BCUT2D eigenvalue weighted by Gasteiger charge is 2.53. The monoisotopic (exact) mass is 488 g/mol. The first-order chi connectivity index (χ1) is 15.5. The Morgan fingerprint density at radius 1 is 0.545 bits per heavy atom. The average Bonchev–Trinajstić information content (AvgIpc) is 2.79. The van der Waals surface area contributed by atoms with Gasteiger partial charge in [-0.15, -0.1) is 0 Å². The lowest BCUT2D eigenvalue weighted by molar-refractivity contribution is -0.386. The lowest BCUT2D eigenvalue weighted by Gasteiger charge is -2.48. The summed E-state index contributed by atoms with van der Waals surface area (Å²) >= 11 is 0. The first kappa shape index (κ1) is 27.0. The molecule has 3 saturated heterocycles. The van der Waals surface area contributed by atoms with Crippen LogP contribution in [-0.2, 0) is 23.7 Å². The molecule has 15 atom stereocenters. The molecule has 10 N–H and O–H groups in total. The Bertz CT molecular complexity index is 624. The van der Waals surface area contributed by atoms with Gasteiger partial charge in [-0.3, -0.25) is 0 Å². The maximum atomic E-state index is 10.6. The van der Waals surface area contributed by atoms with Crippen LogP contribution in [0, 0.1) is 0 Å². The highest BCUT2D eigenvalue weighted by atomic mass is 16.8. The molecular formula is C18H32O15. The summed E-state index contributed by atoms with van der Waals surface area (Å²) in [5.74, 6) is 0. The summed E-state index contributed by atoms with van der Waals surface area (Å²) in [6.07, 6.45) is -24.1. The fourth-order valence-corrected chi connectivity index (χ4v) is 3.97. The second-order valence-electron chi connectivity index (χ2n) is 8.32. The Morgan fingerprint density at radius 2 is 1.03 bits per heavy atom. The summed E-state index contributed by atoms with van der Waals surface area (Å²) < 4.78 is 26.7. The average molecular weight is 488 g/mol. The molecule has 3 rings (SSSR count). The van der Waals surface area contributed by atoms with Crippen molar-refractivity contribution >= 4 is 0 Å². The van der Waals surface area contributed by atoms with E-state index in [0.717, 1.165) is 0 Å². The van der Waals surface area contributed by atoms with Crippen LogP contribution in [0.15, 0.2) is 0 Å². The number of aliphatic hydroxyl groups excluding tert-OH is 10. The number of ether oxygens (including phenoxy) is 5. The standard InChI is InChI=1S/C18H32O15/c1-4-7(21)10(24)12(26)17(29-4)33-15-14(9(23)6(3-20)30-16(15)28)32-18-13(27)11(25)8(22)5(2-19)31-18/h4-28H,2-3H2,1H3/t4-,5+,6+,7+,8+,9+,10+,11-,12-,13-,14-,15+,16?,17+,18+/m0/s1. The van der Waals surface area contributed by atoms with Gasteiger partial charge in [0.2, 0.25) is 0 Å². The third-order valence-electron chi connectivity index (χ3n) is 6.06. The molecule has 0 aliphatic carbocycles. The molecule has 0 aromatic heterocycles. The fraction of sp³-hybridized carbons (Fsp3) is 1.00. The first-order valence-electron chi connectivity index (χ1n) is 10.4. The molecule has 194 valence electrons. The summed E-state index contributed by atoms with van der Waals surface area (Å²) in [5.41, 5.74) is 0. The van der Waals surface area contributed by atoms with Gasteiger partial charge < -0.3 is 74.7 Å². The van der Waals surface area contributed by atoms with E-state index in [2.05, 4.69) is 0 Å². The van der Waals surface area contributed by atoms with Gasteiger partial charge in [0.1, 0.15) is 67.1 Å². The molecule has 1 unspecified atom stereocenters. The van der Waals surface area contributed by atoms with E-state index in [9.17, 15) is 51.1 Å². The summed E-state index contributed by atoms with van der Waals surface area (Å²) in [4.78, 5) is 0. The molecule has 15 heteroatoms. The van der Waals surface area contributed by atoms with E-state index in [4.69, 9.17) is 23.7 Å². The summed E-state index contributed by atoms with van der Waals surface area (Å²) in [7, 11) is 0. The van der Waals surface area contributed by atoms with Crippen LogP contribution in [0.4, 0.5) is 0 Å². The van der Waals surface area contributed by atoms with Gasteiger partial charge in [0.05, 0.1) is 19.3 Å². The van der Waals surface area contributed by atoms with Crippen LogP contribution in [0.5, 0.6) is 0 Å². The van der Waals surface area contributed by atoms with Crippen LogP contribution in [-0.4, -0.2) is 156 Å². The third kappa shape index (κ3) is 5.32. The fourth-order valence-electron chi connectivity index (χ4n) is 3.97. The maximum Gasteiger partial charge on any atom is 0.187 e. The number of aliphatic hydroxyl groups is 10. The highest BCUT2D eigenvalue weighted by molar-refractivity contribution is 4.96. The predicted molar refractivity (Wildman–Crippen MR) is 99.8 cm³/mol. The van der Waals surface area contributed by atoms with Crippen LogP contribution in [0.25, 0.3) is 0 Å².